The number of hydrogen-bond acceptors (Lipinski definition) is 3. The van der Waals surface area contributed by atoms with Gasteiger partial charge >= 0.3 is 0 Å². The average molecular weight is 329 g/mol. The average Bonchev–Trinajstić information content (AvgIpc) is 2.91. The highest BCUT2D eigenvalue weighted by atomic mass is 16.2. The summed E-state index contributed by atoms with van der Waals surface area (Å²) in [7, 11) is 0. The molecule has 0 atom stereocenters. The molecule has 5 nitrogen and oxygen atoms in total. The minimum Gasteiger partial charge on any atom is -0.298 e. The van der Waals surface area contributed by atoms with E-state index in [1.807, 2.05) is 60.7 Å². The molecule has 1 aliphatic heterocycles. The predicted molar refractivity (Wildman–Crippen MR) is 97.8 cm³/mol. The van der Waals surface area contributed by atoms with Crippen LogP contribution in [0.5, 0.6) is 0 Å². The number of nitrogens with zero attached hydrogens (tertiary/aromatic N) is 2. The van der Waals surface area contributed by atoms with Crippen molar-refractivity contribution in [3.05, 3.63) is 77.9 Å². The molecule has 3 aromatic rings. The Morgan fingerprint density at radius 2 is 1.76 bits per heavy atom. The van der Waals surface area contributed by atoms with Crippen LogP contribution in [-0.2, 0) is 4.79 Å². The molecule has 25 heavy (non-hydrogen) atoms. The summed E-state index contributed by atoms with van der Waals surface area (Å²) in [5.41, 5.74) is 4.76. The normalized spacial score (nSPS) is 13.0. The van der Waals surface area contributed by atoms with Gasteiger partial charge in [-0.3, -0.25) is 14.5 Å². The first kappa shape index (κ1) is 15.1. The third-order valence-electron chi connectivity index (χ3n) is 4.15. The molecule has 1 heterocycles. The fraction of sp³-hybridized carbons (Fsp3) is 0.0500. The predicted octanol–water partition coefficient (Wildman–Crippen LogP) is 2.95. The molecular weight excluding hydrogens is 314 g/mol. The van der Waals surface area contributed by atoms with Gasteiger partial charge in [-0.2, -0.15) is 5.10 Å². The lowest BCUT2D eigenvalue weighted by Crippen LogP contribution is -2.37. The number of hydrogen-bond donors (Lipinski definition) is 1. The van der Waals surface area contributed by atoms with E-state index < -0.39 is 0 Å². The van der Waals surface area contributed by atoms with Crippen molar-refractivity contribution in [1.82, 2.24) is 5.43 Å². The van der Waals surface area contributed by atoms with Gasteiger partial charge in [0.05, 0.1) is 11.9 Å². The van der Waals surface area contributed by atoms with Gasteiger partial charge < -0.3 is 0 Å². The van der Waals surface area contributed by atoms with Gasteiger partial charge in [-0.1, -0.05) is 54.6 Å². The second-order valence-electron chi connectivity index (χ2n) is 5.78. The van der Waals surface area contributed by atoms with Gasteiger partial charge in [0.2, 0.25) is 0 Å². The maximum atomic E-state index is 12.6. The molecule has 0 aliphatic carbocycles. The number of nitrogens with one attached hydrogen (secondary N) is 1. The van der Waals surface area contributed by atoms with E-state index in [0.717, 1.165) is 22.0 Å². The quantitative estimate of drug-likeness (QED) is 0.591. The van der Waals surface area contributed by atoms with Crippen LogP contribution in [0.25, 0.3) is 10.8 Å². The Labute approximate surface area is 144 Å². The van der Waals surface area contributed by atoms with E-state index in [0.29, 0.717) is 5.56 Å². The van der Waals surface area contributed by atoms with E-state index >= 15 is 0 Å². The van der Waals surface area contributed by atoms with Crippen LogP contribution < -0.4 is 10.3 Å². The van der Waals surface area contributed by atoms with E-state index in [2.05, 4.69) is 10.5 Å². The monoisotopic (exact) mass is 329 g/mol. The summed E-state index contributed by atoms with van der Waals surface area (Å²) in [6.07, 6.45) is 1.57. The summed E-state index contributed by atoms with van der Waals surface area (Å²) in [6.45, 7) is -0.0707. The van der Waals surface area contributed by atoms with Gasteiger partial charge in [0, 0.05) is 10.9 Å². The van der Waals surface area contributed by atoms with Crippen molar-refractivity contribution in [1.29, 1.82) is 0 Å². The molecule has 0 fully saturated rings. The Bertz CT molecular complexity index is 991. The number of anilines is 1. The number of amides is 2. The molecule has 0 saturated carbocycles. The number of benzene rings is 3. The molecule has 3 aromatic carbocycles. The zero-order chi connectivity index (χ0) is 17.2. The highest BCUT2D eigenvalue weighted by Gasteiger charge is 2.30. The van der Waals surface area contributed by atoms with E-state index in [1.165, 1.54) is 4.90 Å². The van der Waals surface area contributed by atoms with Gasteiger partial charge in [-0.15, -0.1) is 0 Å². The summed E-state index contributed by atoms with van der Waals surface area (Å²) in [5.74, 6) is -0.501. The van der Waals surface area contributed by atoms with E-state index in [-0.39, 0.29) is 18.4 Å². The number of hydrazone groups is 1. The molecule has 5 heteroatoms. The van der Waals surface area contributed by atoms with Gasteiger partial charge in [-0.25, -0.2) is 5.43 Å². The molecule has 0 bridgehead atoms. The third kappa shape index (κ3) is 2.76. The van der Waals surface area contributed by atoms with Crippen LogP contribution in [0.4, 0.5) is 5.69 Å². The summed E-state index contributed by atoms with van der Waals surface area (Å²) in [5, 5.41) is 5.84. The smallest absolute Gasteiger partial charge is 0.260 e. The summed E-state index contributed by atoms with van der Waals surface area (Å²) < 4.78 is 0. The molecule has 4 rings (SSSR count). The van der Waals surface area contributed by atoms with Crippen molar-refractivity contribution in [2.24, 2.45) is 5.10 Å². The molecule has 122 valence electrons. The molecule has 0 unspecified atom stereocenters. The van der Waals surface area contributed by atoms with E-state index in [4.69, 9.17) is 0 Å². The number of carbonyl (C=O) groups is 2. The fourth-order valence-corrected chi connectivity index (χ4v) is 3.03. The van der Waals surface area contributed by atoms with Gasteiger partial charge in [0.25, 0.3) is 11.8 Å². The third-order valence-corrected chi connectivity index (χ3v) is 4.15. The van der Waals surface area contributed by atoms with Gasteiger partial charge in [0.15, 0.2) is 0 Å². The Balaban J connectivity index is 1.50. The standard InChI is InChI=1S/C20H15N3O2/c24-18(22-21-12-14-6-2-1-3-7-14)13-23-17-11-5-9-15-8-4-10-16(19(15)17)20(23)25/h1-12H,13H2,(H,22,24)/b21-12+. The van der Waals surface area contributed by atoms with Crippen LogP contribution in [0.2, 0.25) is 0 Å². The van der Waals surface area contributed by atoms with Crippen molar-refractivity contribution in [3.8, 4) is 0 Å². The maximum absolute atomic E-state index is 12.6. The largest absolute Gasteiger partial charge is 0.298 e. The van der Waals surface area contributed by atoms with Crippen molar-refractivity contribution in [2.75, 3.05) is 11.4 Å². The lowest BCUT2D eigenvalue weighted by Gasteiger charge is -2.16. The molecular formula is C20H15N3O2. The first-order valence-electron chi connectivity index (χ1n) is 7.94. The van der Waals surface area contributed by atoms with E-state index in [9.17, 15) is 9.59 Å². The number of rotatable bonds is 4. The highest BCUT2D eigenvalue weighted by Crippen LogP contribution is 2.36. The minimum atomic E-state index is -0.342. The Kier molecular flexibility index (Phi) is 3.74. The van der Waals surface area contributed by atoms with Gasteiger partial charge in [0.1, 0.15) is 6.54 Å². The number of carbonyl (C=O) groups excluding carboxylic acids is 2. The molecule has 0 spiro atoms. The SMILES string of the molecule is O=C(CN1C(=O)c2cccc3cccc1c23)N/N=C/c1ccccc1. The van der Waals surface area contributed by atoms with Crippen molar-refractivity contribution >= 4 is 34.5 Å². The fourth-order valence-electron chi connectivity index (χ4n) is 3.03. The van der Waals surface area contributed by atoms with Crippen molar-refractivity contribution in [2.45, 2.75) is 0 Å². The Morgan fingerprint density at radius 1 is 1.00 bits per heavy atom. The Morgan fingerprint density at radius 3 is 2.56 bits per heavy atom. The summed E-state index contributed by atoms with van der Waals surface area (Å²) in [6, 6.07) is 20.8. The summed E-state index contributed by atoms with van der Waals surface area (Å²) in [4.78, 5) is 26.3. The highest BCUT2D eigenvalue weighted by molar-refractivity contribution is 6.26. The summed E-state index contributed by atoms with van der Waals surface area (Å²) >= 11 is 0. The lowest BCUT2D eigenvalue weighted by molar-refractivity contribution is -0.119. The topological polar surface area (TPSA) is 61.8 Å². The van der Waals surface area contributed by atoms with Crippen molar-refractivity contribution < 1.29 is 9.59 Å². The first-order chi connectivity index (χ1) is 12.2. The lowest BCUT2D eigenvalue weighted by atomic mass is 10.1. The minimum absolute atomic E-state index is 0.0707. The van der Waals surface area contributed by atoms with Crippen molar-refractivity contribution in [3.63, 3.8) is 0 Å². The van der Waals surface area contributed by atoms with Crippen LogP contribution in [0.1, 0.15) is 15.9 Å². The first-order valence-corrected chi connectivity index (χ1v) is 7.94. The molecule has 1 N–H and O–H groups in total. The molecule has 0 radical (unpaired) electrons. The second kappa shape index (κ2) is 6.20. The van der Waals surface area contributed by atoms with Crippen LogP contribution in [0.3, 0.4) is 0 Å². The second-order valence-corrected chi connectivity index (χ2v) is 5.78. The Hall–Kier alpha value is -3.47. The zero-order valence-electron chi connectivity index (χ0n) is 13.3. The molecule has 1 aliphatic rings. The maximum Gasteiger partial charge on any atom is 0.260 e. The van der Waals surface area contributed by atoms with E-state index in [1.54, 1.807) is 12.3 Å². The van der Waals surface area contributed by atoms with Gasteiger partial charge in [-0.05, 0) is 23.1 Å². The molecule has 0 aromatic heterocycles. The van der Waals surface area contributed by atoms with Crippen LogP contribution in [0.15, 0.2) is 71.8 Å². The van der Waals surface area contributed by atoms with Crippen LogP contribution in [-0.4, -0.2) is 24.6 Å². The van der Waals surface area contributed by atoms with Crippen LogP contribution >= 0.6 is 0 Å². The van der Waals surface area contributed by atoms with Crippen LogP contribution in [0, 0.1) is 0 Å². The molecule has 2 amide bonds. The molecule has 0 saturated heterocycles. The zero-order valence-corrected chi connectivity index (χ0v) is 13.3.